The van der Waals surface area contributed by atoms with Crippen molar-refractivity contribution in [3.63, 3.8) is 0 Å². The summed E-state index contributed by atoms with van der Waals surface area (Å²) < 4.78 is 18.4. The number of aryl methyl sites for hydroxylation is 1. The molecule has 1 aliphatic heterocycles. The molecule has 1 fully saturated rings. The lowest BCUT2D eigenvalue weighted by atomic mass is 9.76. The molecule has 0 unspecified atom stereocenters. The molecule has 1 amide bonds. The zero-order chi connectivity index (χ0) is 28.8. The van der Waals surface area contributed by atoms with E-state index in [0.29, 0.717) is 6.42 Å². The van der Waals surface area contributed by atoms with Crippen LogP contribution in [0.2, 0.25) is 0 Å². The summed E-state index contributed by atoms with van der Waals surface area (Å²) >= 11 is 0. The molecule has 1 saturated heterocycles. The van der Waals surface area contributed by atoms with Crippen LogP contribution in [0.3, 0.4) is 0 Å². The number of fused-ring (bicyclic) bond motifs is 4. The molecule has 6 nitrogen and oxygen atoms in total. The van der Waals surface area contributed by atoms with Gasteiger partial charge in [0, 0.05) is 24.4 Å². The van der Waals surface area contributed by atoms with Crippen LogP contribution >= 0.6 is 0 Å². The average Bonchev–Trinajstić information content (AvgIpc) is 3.39. The van der Waals surface area contributed by atoms with E-state index >= 15 is 0 Å². The summed E-state index contributed by atoms with van der Waals surface area (Å²) in [5.41, 5.74) is 7.13. The molecule has 210 valence electrons. The SMILES string of the molecule is CC1(C)OB(C(=Cc2ccc3c(c2)C(=O)CCC3)CNC(=O)OCC2c3ccccc3-c3ccccc32)OC1(C)C. The number of carbonyl (C=O) groups is 2. The minimum Gasteiger partial charge on any atom is -0.449 e. The predicted octanol–water partition coefficient (Wildman–Crippen LogP) is 6.76. The fraction of sp³-hybridized carbons (Fsp3) is 0.353. The van der Waals surface area contributed by atoms with Crippen LogP contribution in [0.25, 0.3) is 17.2 Å². The molecule has 3 aromatic carbocycles. The van der Waals surface area contributed by atoms with E-state index in [0.717, 1.165) is 35.0 Å². The first-order valence-corrected chi connectivity index (χ1v) is 14.4. The van der Waals surface area contributed by atoms with Crippen molar-refractivity contribution in [3.8, 4) is 11.1 Å². The molecule has 0 saturated carbocycles. The van der Waals surface area contributed by atoms with E-state index in [2.05, 4.69) is 29.6 Å². The Bertz CT molecular complexity index is 1480. The van der Waals surface area contributed by atoms with Crippen LogP contribution in [0, 0.1) is 0 Å². The number of rotatable bonds is 6. The topological polar surface area (TPSA) is 73.9 Å². The van der Waals surface area contributed by atoms with E-state index in [9.17, 15) is 9.59 Å². The van der Waals surface area contributed by atoms with Gasteiger partial charge in [0.1, 0.15) is 6.61 Å². The maximum Gasteiger partial charge on any atom is 0.492 e. The van der Waals surface area contributed by atoms with Gasteiger partial charge in [-0.3, -0.25) is 4.79 Å². The van der Waals surface area contributed by atoms with Gasteiger partial charge in [-0.25, -0.2) is 4.79 Å². The highest BCUT2D eigenvalue weighted by atomic mass is 16.7. The number of amides is 1. The normalized spacial score (nSPS) is 19.0. The Morgan fingerprint density at radius 2 is 1.56 bits per heavy atom. The summed E-state index contributed by atoms with van der Waals surface area (Å²) in [4.78, 5) is 25.6. The molecule has 0 radical (unpaired) electrons. The first-order valence-electron chi connectivity index (χ1n) is 14.4. The van der Waals surface area contributed by atoms with Crippen molar-refractivity contribution >= 4 is 25.1 Å². The predicted molar refractivity (Wildman–Crippen MR) is 161 cm³/mol. The Labute approximate surface area is 242 Å². The molecule has 3 aromatic rings. The van der Waals surface area contributed by atoms with Crippen LogP contribution in [-0.2, 0) is 20.5 Å². The highest BCUT2D eigenvalue weighted by Crippen LogP contribution is 2.44. The summed E-state index contributed by atoms with van der Waals surface area (Å²) in [5.74, 6) is 0.162. The second-order valence-corrected chi connectivity index (χ2v) is 12.2. The van der Waals surface area contributed by atoms with Crippen LogP contribution < -0.4 is 5.32 Å². The quantitative estimate of drug-likeness (QED) is 0.344. The zero-order valence-electron chi connectivity index (χ0n) is 24.2. The number of Topliss-reactive ketones (excluding diaryl/α,β-unsaturated/α-hetero) is 1. The lowest BCUT2D eigenvalue weighted by Crippen LogP contribution is -2.41. The second kappa shape index (κ2) is 10.6. The van der Waals surface area contributed by atoms with Crippen LogP contribution in [0.4, 0.5) is 4.79 Å². The zero-order valence-corrected chi connectivity index (χ0v) is 24.2. The molecule has 0 spiro atoms. The highest BCUT2D eigenvalue weighted by molar-refractivity contribution is 6.56. The number of nitrogens with one attached hydrogen (secondary N) is 1. The monoisotopic (exact) mass is 549 g/mol. The second-order valence-electron chi connectivity index (χ2n) is 12.2. The molecular weight excluding hydrogens is 513 g/mol. The van der Waals surface area contributed by atoms with E-state index in [1.54, 1.807) is 0 Å². The first-order chi connectivity index (χ1) is 19.6. The van der Waals surface area contributed by atoms with Gasteiger partial charge in [-0.1, -0.05) is 66.7 Å². The van der Waals surface area contributed by atoms with Gasteiger partial charge in [0.2, 0.25) is 0 Å². The lowest BCUT2D eigenvalue weighted by Gasteiger charge is -2.32. The van der Waals surface area contributed by atoms with Gasteiger partial charge in [0.15, 0.2) is 5.78 Å². The molecule has 1 heterocycles. The molecule has 2 aliphatic carbocycles. The summed E-state index contributed by atoms with van der Waals surface area (Å²) in [6.07, 6.45) is 3.83. The minimum atomic E-state index is -0.652. The van der Waals surface area contributed by atoms with Crippen molar-refractivity contribution in [2.45, 2.75) is 64.1 Å². The van der Waals surface area contributed by atoms with Crippen molar-refractivity contribution in [2.24, 2.45) is 0 Å². The number of hydrogen-bond donors (Lipinski definition) is 1. The van der Waals surface area contributed by atoms with Crippen LogP contribution in [0.5, 0.6) is 0 Å². The van der Waals surface area contributed by atoms with Crippen molar-refractivity contribution in [2.75, 3.05) is 13.2 Å². The maximum atomic E-state index is 13.0. The third kappa shape index (κ3) is 5.25. The summed E-state index contributed by atoms with van der Waals surface area (Å²) in [6, 6.07) is 22.5. The number of ether oxygens (including phenoxy) is 1. The van der Waals surface area contributed by atoms with Gasteiger partial charge in [-0.2, -0.15) is 0 Å². The minimum absolute atomic E-state index is 0.0145. The van der Waals surface area contributed by atoms with Crippen LogP contribution in [0.1, 0.15) is 79.1 Å². The standard InChI is InChI=1S/C34H36BNO5/c1-33(2)34(3,4)41-35(40-33)24(18-22-16-17-23-10-9-15-31(37)29(23)19-22)20-36-32(38)39-21-30-27-13-7-5-11-25(27)26-12-6-8-14-28(26)30/h5-8,11-14,16-19,30H,9-10,15,20-21H2,1-4H3,(H,36,38). The Hall–Kier alpha value is -3.68. The molecule has 7 heteroatoms. The van der Waals surface area contributed by atoms with E-state index in [4.69, 9.17) is 14.0 Å². The van der Waals surface area contributed by atoms with Gasteiger partial charge >= 0.3 is 13.2 Å². The Morgan fingerprint density at radius 1 is 0.927 bits per heavy atom. The molecule has 0 bridgehead atoms. The molecule has 41 heavy (non-hydrogen) atoms. The highest BCUT2D eigenvalue weighted by Gasteiger charge is 2.52. The third-order valence-electron chi connectivity index (χ3n) is 8.97. The first kappa shape index (κ1) is 27.5. The summed E-state index contributed by atoms with van der Waals surface area (Å²) in [7, 11) is -0.652. The number of alkyl carbamates (subject to hydrolysis) is 1. The Morgan fingerprint density at radius 3 is 2.22 bits per heavy atom. The molecular formula is C34H36BNO5. The largest absolute Gasteiger partial charge is 0.492 e. The molecule has 1 N–H and O–H groups in total. The van der Waals surface area contributed by atoms with Gasteiger partial charge in [0.25, 0.3) is 0 Å². The maximum absolute atomic E-state index is 13.0. The van der Waals surface area contributed by atoms with Crippen molar-refractivity contribution in [3.05, 3.63) is 100 Å². The van der Waals surface area contributed by atoms with Crippen molar-refractivity contribution in [1.82, 2.24) is 5.32 Å². The number of benzene rings is 3. The molecule has 0 aromatic heterocycles. The van der Waals surface area contributed by atoms with E-state index in [1.165, 1.54) is 22.3 Å². The summed E-state index contributed by atoms with van der Waals surface area (Å²) in [5, 5.41) is 2.92. The molecule has 0 atom stereocenters. The number of ketones is 1. The van der Waals surface area contributed by atoms with Gasteiger partial charge in [-0.15, -0.1) is 0 Å². The Kier molecular flexibility index (Phi) is 7.12. The number of carbonyl (C=O) groups excluding carboxylic acids is 2. The fourth-order valence-electron chi connectivity index (χ4n) is 5.97. The van der Waals surface area contributed by atoms with Crippen LogP contribution in [-0.4, -0.2) is 43.3 Å². The third-order valence-corrected chi connectivity index (χ3v) is 8.97. The van der Waals surface area contributed by atoms with E-state index < -0.39 is 24.4 Å². The van der Waals surface area contributed by atoms with Crippen LogP contribution in [0.15, 0.2) is 72.2 Å². The fourth-order valence-corrected chi connectivity index (χ4v) is 5.97. The number of hydrogen-bond acceptors (Lipinski definition) is 5. The van der Waals surface area contributed by atoms with Crippen molar-refractivity contribution < 1.29 is 23.6 Å². The van der Waals surface area contributed by atoms with E-state index in [-0.39, 0.29) is 24.9 Å². The summed E-state index contributed by atoms with van der Waals surface area (Å²) in [6.45, 7) is 8.42. The molecule has 6 rings (SSSR count). The smallest absolute Gasteiger partial charge is 0.449 e. The average molecular weight is 549 g/mol. The van der Waals surface area contributed by atoms with Gasteiger partial charge < -0.3 is 19.4 Å². The van der Waals surface area contributed by atoms with Crippen molar-refractivity contribution in [1.29, 1.82) is 0 Å². The van der Waals surface area contributed by atoms with Gasteiger partial charge in [0.05, 0.1) is 11.2 Å². The lowest BCUT2D eigenvalue weighted by molar-refractivity contribution is 0.00578. The van der Waals surface area contributed by atoms with E-state index in [1.807, 2.05) is 76.2 Å². The molecule has 3 aliphatic rings. The Balaban J connectivity index is 1.19. The van der Waals surface area contributed by atoms with Gasteiger partial charge in [-0.05, 0) is 85.5 Å².